The highest BCUT2D eigenvalue weighted by Crippen LogP contribution is 2.29. The van der Waals surface area contributed by atoms with Gasteiger partial charge in [0.1, 0.15) is 0 Å². The van der Waals surface area contributed by atoms with Crippen molar-refractivity contribution < 1.29 is 14.3 Å². The summed E-state index contributed by atoms with van der Waals surface area (Å²) in [5.74, 6) is -0.717. The number of pyridine rings is 1. The van der Waals surface area contributed by atoms with Crippen LogP contribution in [0, 0.1) is 0 Å². The molecule has 0 saturated heterocycles. The number of aryl methyl sites for hydroxylation is 1. The van der Waals surface area contributed by atoms with Crippen LogP contribution in [0.5, 0.6) is 0 Å². The standard InChI is InChI=1S/C24H24N2O3/c1-26(17-10-4-2-5-11-17)22(27)16-29-24(28)23-18-12-6-3-7-14-20(18)25-21-15-9-8-13-19(21)23/h2,4-5,8-11,13,15H,3,6-7,12,14,16H2,1H3. The zero-order valence-electron chi connectivity index (χ0n) is 16.6. The number of nitrogens with zero attached hydrogens (tertiary/aromatic N) is 2. The number of aromatic nitrogens is 1. The number of likely N-dealkylation sites (N-methyl/N-ethyl adjacent to an activating group) is 1. The van der Waals surface area contributed by atoms with Gasteiger partial charge >= 0.3 is 5.97 Å². The summed E-state index contributed by atoms with van der Waals surface area (Å²) in [6.45, 7) is -0.296. The van der Waals surface area contributed by atoms with Crippen molar-refractivity contribution in [1.82, 2.24) is 4.98 Å². The molecule has 0 spiro atoms. The summed E-state index contributed by atoms with van der Waals surface area (Å²) in [5, 5.41) is 0.794. The van der Waals surface area contributed by atoms with E-state index in [1.165, 1.54) is 4.90 Å². The molecule has 1 heterocycles. The van der Waals surface area contributed by atoms with Gasteiger partial charge in [0.2, 0.25) is 0 Å². The van der Waals surface area contributed by atoms with Crippen molar-refractivity contribution in [3.05, 3.63) is 71.4 Å². The van der Waals surface area contributed by atoms with Crippen LogP contribution in [0.4, 0.5) is 5.69 Å². The smallest absolute Gasteiger partial charge is 0.339 e. The Hall–Kier alpha value is -3.21. The van der Waals surface area contributed by atoms with Crippen LogP contribution < -0.4 is 4.90 Å². The van der Waals surface area contributed by atoms with Crippen LogP contribution in [0.2, 0.25) is 0 Å². The fraction of sp³-hybridized carbons (Fsp3) is 0.292. The molecule has 0 N–H and O–H groups in total. The van der Waals surface area contributed by atoms with E-state index in [2.05, 4.69) is 0 Å². The molecule has 0 saturated carbocycles. The van der Waals surface area contributed by atoms with E-state index in [-0.39, 0.29) is 12.5 Å². The monoisotopic (exact) mass is 388 g/mol. The van der Waals surface area contributed by atoms with Gasteiger partial charge in [-0.15, -0.1) is 0 Å². The third-order valence-corrected chi connectivity index (χ3v) is 5.47. The number of hydrogen-bond donors (Lipinski definition) is 0. The topological polar surface area (TPSA) is 59.5 Å². The van der Waals surface area contributed by atoms with Crippen LogP contribution >= 0.6 is 0 Å². The number of rotatable bonds is 4. The maximum atomic E-state index is 13.1. The van der Waals surface area contributed by atoms with Gasteiger partial charge in [0, 0.05) is 23.8 Å². The number of carbonyl (C=O) groups is 2. The Morgan fingerprint density at radius 1 is 0.966 bits per heavy atom. The van der Waals surface area contributed by atoms with Crippen LogP contribution in [-0.2, 0) is 22.4 Å². The molecule has 0 unspecified atom stereocenters. The number of carbonyl (C=O) groups excluding carboxylic acids is 2. The molecule has 0 radical (unpaired) electrons. The number of fused-ring (bicyclic) bond motifs is 2. The maximum absolute atomic E-state index is 13.1. The Labute approximate surface area is 170 Å². The van der Waals surface area contributed by atoms with Gasteiger partial charge in [0.15, 0.2) is 6.61 Å². The summed E-state index contributed by atoms with van der Waals surface area (Å²) in [6.07, 6.45) is 4.92. The van der Waals surface area contributed by atoms with Crippen molar-refractivity contribution in [3.8, 4) is 0 Å². The van der Waals surface area contributed by atoms with Crippen LogP contribution in [-0.4, -0.2) is 30.5 Å². The first-order valence-electron chi connectivity index (χ1n) is 10.0. The molecule has 0 fully saturated rings. The summed E-state index contributed by atoms with van der Waals surface area (Å²) >= 11 is 0. The maximum Gasteiger partial charge on any atom is 0.339 e. The molecule has 0 atom stereocenters. The average Bonchev–Trinajstić information content (AvgIpc) is 3.00. The van der Waals surface area contributed by atoms with Crippen molar-refractivity contribution in [2.45, 2.75) is 32.1 Å². The molecule has 29 heavy (non-hydrogen) atoms. The van der Waals surface area contributed by atoms with E-state index >= 15 is 0 Å². The first kappa shape index (κ1) is 19.1. The molecule has 1 aromatic heterocycles. The highest BCUT2D eigenvalue weighted by molar-refractivity contribution is 6.06. The summed E-state index contributed by atoms with van der Waals surface area (Å²) in [5.41, 5.74) is 4.10. The second kappa shape index (κ2) is 8.43. The van der Waals surface area contributed by atoms with E-state index in [0.29, 0.717) is 5.56 Å². The Bertz CT molecular complexity index is 1050. The summed E-state index contributed by atoms with van der Waals surface area (Å²) in [4.78, 5) is 31.9. The molecule has 2 aromatic carbocycles. The van der Waals surface area contributed by atoms with Crippen LogP contribution in [0.1, 0.15) is 40.9 Å². The Balaban J connectivity index is 1.60. The molecule has 148 valence electrons. The number of anilines is 1. The minimum atomic E-state index is -0.448. The van der Waals surface area contributed by atoms with Gasteiger partial charge in [0.25, 0.3) is 5.91 Å². The Morgan fingerprint density at radius 2 is 1.69 bits per heavy atom. The molecule has 0 aliphatic heterocycles. The molecule has 1 aliphatic rings. The van der Waals surface area contributed by atoms with Gasteiger partial charge in [0.05, 0.1) is 11.1 Å². The van der Waals surface area contributed by atoms with Crippen molar-refractivity contribution >= 4 is 28.5 Å². The van der Waals surface area contributed by atoms with E-state index in [1.807, 2.05) is 54.6 Å². The largest absolute Gasteiger partial charge is 0.452 e. The lowest BCUT2D eigenvalue weighted by Crippen LogP contribution is -2.31. The Morgan fingerprint density at radius 3 is 2.52 bits per heavy atom. The minimum Gasteiger partial charge on any atom is -0.452 e. The lowest BCUT2D eigenvalue weighted by molar-refractivity contribution is -0.121. The zero-order chi connectivity index (χ0) is 20.2. The Kier molecular flexibility index (Phi) is 5.56. The SMILES string of the molecule is CN(C(=O)COC(=O)c1c2c(nc3ccccc13)CCCCC2)c1ccccc1. The van der Waals surface area contributed by atoms with Gasteiger partial charge in [-0.2, -0.15) is 0 Å². The molecule has 1 aliphatic carbocycles. The number of amides is 1. The van der Waals surface area contributed by atoms with E-state index < -0.39 is 5.97 Å². The van der Waals surface area contributed by atoms with E-state index in [0.717, 1.165) is 60.0 Å². The predicted octanol–water partition coefficient (Wildman–Crippen LogP) is 4.32. The van der Waals surface area contributed by atoms with Gasteiger partial charge in [-0.3, -0.25) is 9.78 Å². The molecular formula is C24H24N2O3. The van der Waals surface area contributed by atoms with Crippen LogP contribution in [0.15, 0.2) is 54.6 Å². The first-order valence-corrected chi connectivity index (χ1v) is 10.0. The highest BCUT2D eigenvalue weighted by atomic mass is 16.5. The van der Waals surface area contributed by atoms with Gasteiger partial charge < -0.3 is 9.64 Å². The number of esters is 1. The fourth-order valence-electron chi connectivity index (χ4n) is 3.87. The molecule has 0 bridgehead atoms. The predicted molar refractivity (Wildman–Crippen MR) is 113 cm³/mol. The van der Waals surface area contributed by atoms with Crippen molar-refractivity contribution in [3.63, 3.8) is 0 Å². The van der Waals surface area contributed by atoms with Gasteiger partial charge in [-0.1, -0.05) is 42.8 Å². The van der Waals surface area contributed by atoms with Crippen LogP contribution in [0.25, 0.3) is 10.9 Å². The molecular weight excluding hydrogens is 364 g/mol. The third-order valence-electron chi connectivity index (χ3n) is 5.47. The lowest BCUT2D eigenvalue weighted by Gasteiger charge is -2.18. The average molecular weight is 388 g/mol. The first-order chi connectivity index (χ1) is 14.1. The number of benzene rings is 2. The number of para-hydroxylation sites is 2. The molecule has 4 rings (SSSR count). The molecule has 3 aromatic rings. The zero-order valence-corrected chi connectivity index (χ0v) is 16.6. The number of ether oxygens (including phenoxy) is 1. The normalized spacial score (nSPS) is 13.4. The van der Waals surface area contributed by atoms with Crippen molar-refractivity contribution in [2.24, 2.45) is 0 Å². The fourth-order valence-corrected chi connectivity index (χ4v) is 3.87. The van der Waals surface area contributed by atoms with Crippen molar-refractivity contribution in [2.75, 3.05) is 18.6 Å². The lowest BCUT2D eigenvalue weighted by atomic mass is 9.97. The molecule has 5 nitrogen and oxygen atoms in total. The summed E-state index contributed by atoms with van der Waals surface area (Å²) < 4.78 is 5.49. The van der Waals surface area contributed by atoms with Gasteiger partial charge in [-0.05, 0) is 49.4 Å². The second-order valence-corrected chi connectivity index (χ2v) is 7.35. The quantitative estimate of drug-likeness (QED) is 0.493. The number of hydrogen-bond acceptors (Lipinski definition) is 4. The molecule has 1 amide bonds. The van der Waals surface area contributed by atoms with E-state index in [4.69, 9.17) is 9.72 Å². The third kappa shape index (κ3) is 3.99. The highest BCUT2D eigenvalue weighted by Gasteiger charge is 2.24. The van der Waals surface area contributed by atoms with Crippen LogP contribution in [0.3, 0.4) is 0 Å². The summed E-state index contributed by atoms with van der Waals surface area (Å²) in [7, 11) is 1.68. The second-order valence-electron chi connectivity index (χ2n) is 7.35. The van der Waals surface area contributed by atoms with Crippen molar-refractivity contribution in [1.29, 1.82) is 0 Å². The van der Waals surface area contributed by atoms with E-state index in [1.54, 1.807) is 7.05 Å². The summed E-state index contributed by atoms with van der Waals surface area (Å²) in [6, 6.07) is 17.0. The minimum absolute atomic E-state index is 0.269. The molecule has 5 heteroatoms. The van der Waals surface area contributed by atoms with Gasteiger partial charge in [-0.25, -0.2) is 4.79 Å². The van der Waals surface area contributed by atoms with E-state index in [9.17, 15) is 9.59 Å².